The van der Waals surface area contributed by atoms with Gasteiger partial charge in [0.05, 0.1) is 18.2 Å². The van der Waals surface area contributed by atoms with Crippen LogP contribution in [0.4, 0.5) is 5.69 Å². The number of amides is 1. The van der Waals surface area contributed by atoms with E-state index in [9.17, 15) is 34.8 Å². The summed E-state index contributed by atoms with van der Waals surface area (Å²) in [6, 6.07) is 0.672. The Morgan fingerprint density at radius 1 is 1.20 bits per heavy atom. The first kappa shape index (κ1) is 28.4. The van der Waals surface area contributed by atoms with Gasteiger partial charge in [-0.25, -0.2) is 0 Å². The molecule has 0 unspecified atom stereocenters. The molecule has 0 spiro atoms. The average Bonchev–Trinajstić information content (AvgIpc) is 3.30. The van der Waals surface area contributed by atoms with Crippen molar-refractivity contribution in [1.82, 2.24) is 10.2 Å². The smallest absolute Gasteiger partial charge is 0.255 e. The Labute approximate surface area is 237 Å². The van der Waals surface area contributed by atoms with Crippen LogP contribution < -0.4 is 16.0 Å². The molecular formula is C29H35N5O7. The Morgan fingerprint density at radius 2 is 1.88 bits per heavy atom. The first-order valence-electron chi connectivity index (χ1n) is 13.4. The number of hydrogen-bond donors (Lipinski definition) is 6. The molecule has 5 rings (SSSR count). The molecule has 41 heavy (non-hydrogen) atoms. The molecule has 7 N–H and O–H groups in total. The monoisotopic (exact) mass is 565 g/mol. The molecule has 0 bridgehead atoms. The number of primary amides is 1. The number of aliphatic hydroxyl groups is 3. The Kier molecular flexibility index (Phi) is 6.74. The average molecular weight is 566 g/mol. The highest BCUT2D eigenvalue weighted by Gasteiger charge is 2.64. The number of nitrogens with one attached hydrogen (secondary N) is 1. The van der Waals surface area contributed by atoms with Gasteiger partial charge >= 0.3 is 0 Å². The van der Waals surface area contributed by atoms with Gasteiger partial charge in [-0.3, -0.25) is 24.3 Å². The number of aromatic hydroxyl groups is 1. The van der Waals surface area contributed by atoms with Gasteiger partial charge in [-0.1, -0.05) is 6.08 Å². The quantitative estimate of drug-likeness (QED) is 0.279. The van der Waals surface area contributed by atoms with E-state index in [-0.39, 0.29) is 36.3 Å². The fourth-order valence-corrected chi connectivity index (χ4v) is 6.73. The number of anilines is 1. The van der Waals surface area contributed by atoms with Crippen molar-refractivity contribution in [2.75, 3.05) is 33.1 Å². The van der Waals surface area contributed by atoms with Gasteiger partial charge in [0.15, 0.2) is 11.4 Å². The molecule has 4 atom stereocenters. The molecule has 0 saturated heterocycles. The number of likely N-dealkylation sites (N-methyl/N-ethyl adjacent to an activating group) is 1. The maximum absolute atomic E-state index is 14.1. The van der Waals surface area contributed by atoms with Gasteiger partial charge in [0.25, 0.3) is 5.91 Å². The van der Waals surface area contributed by atoms with E-state index in [1.165, 1.54) is 4.90 Å². The summed E-state index contributed by atoms with van der Waals surface area (Å²) in [6.07, 6.45) is 2.87. The van der Waals surface area contributed by atoms with Gasteiger partial charge in [-0.2, -0.15) is 0 Å². The number of amidine groups is 1. The normalized spacial score (nSPS) is 28.4. The fraction of sp³-hybridized carbons (Fsp3) is 0.448. The van der Waals surface area contributed by atoms with E-state index in [1.807, 2.05) is 32.0 Å². The van der Waals surface area contributed by atoms with E-state index in [2.05, 4.69) is 10.3 Å². The number of hydrogen-bond acceptors (Lipinski definition) is 10. The van der Waals surface area contributed by atoms with E-state index in [4.69, 9.17) is 5.73 Å². The lowest BCUT2D eigenvalue weighted by Crippen LogP contribution is -2.65. The topological polar surface area (TPSA) is 189 Å². The van der Waals surface area contributed by atoms with Gasteiger partial charge < -0.3 is 36.4 Å². The van der Waals surface area contributed by atoms with Crippen molar-refractivity contribution < 1.29 is 34.8 Å². The summed E-state index contributed by atoms with van der Waals surface area (Å²) >= 11 is 0. The Balaban J connectivity index is 1.68. The van der Waals surface area contributed by atoms with Crippen molar-refractivity contribution >= 4 is 34.8 Å². The lowest BCUT2D eigenvalue weighted by atomic mass is 9.57. The number of carbonyl (C=O) groups excluding carboxylic acids is 3. The number of rotatable bonds is 5. The number of phenolic OH excluding ortho intramolecular Hbond substituents is 1. The zero-order chi connectivity index (χ0) is 30.1. The van der Waals surface area contributed by atoms with E-state index in [0.717, 1.165) is 11.5 Å². The molecule has 1 aromatic carbocycles. The third-order valence-electron chi connectivity index (χ3n) is 8.64. The number of aliphatic imine (C=N–C) groups is 1. The highest BCUT2D eigenvalue weighted by atomic mass is 16.3. The second-order valence-corrected chi connectivity index (χ2v) is 11.6. The first-order chi connectivity index (χ1) is 19.2. The predicted molar refractivity (Wildman–Crippen MR) is 151 cm³/mol. The van der Waals surface area contributed by atoms with Crippen LogP contribution in [0.25, 0.3) is 5.76 Å². The van der Waals surface area contributed by atoms with Crippen molar-refractivity contribution in [3.05, 3.63) is 51.4 Å². The lowest BCUT2D eigenvalue weighted by Gasteiger charge is -2.50. The van der Waals surface area contributed by atoms with E-state index in [1.54, 1.807) is 20.2 Å². The Bertz CT molecular complexity index is 1520. The van der Waals surface area contributed by atoms with Crippen LogP contribution in [0.3, 0.4) is 0 Å². The molecule has 1 amide bonds. The van der Waals surface area contributed by atoms with Crippen molar-refractivity contribution in [1.29, 1.82) is 0 Å². The van der Waals surface area contributed by atoms with Gasteiger partial charge in [-0.15, -0.1) is 0 Å². The van der Waals surface area contributed by atoms with Crippen LogP contribution in [0.2, 0.25) is 0 Å². The molecule has 12 heteroatoms. The maximum atomic E-state index is 14.1. The van der Waals surface area contributed by atoms with Crippen molar-refractivity contribution in [2.24, 2.45) is 22.6 Å². The second kappa shape index (κ2) is 9.74. The highest BCUT2D eigenvalue weighted by molar-refractivity contribution is 6.24. The summed E-state index contributed by atoms with van der Waals surface area (Å²) in [4.78, 5) is 47.3. The van der Waals surface area contributed by atoms with Gasteiger partial charge in [-0.05, 0) is 51.4 Å². The molecular weight excluding hydrogens is 530 g/mol. The summed E-state index contributed by atoms with van der Waals surface area (Å²) in [5.41, 5.74) is 4.46. The number of phenols is 1. The summed E-state index contributed by atoms with van der Waals surface area (Å²) < 4.78 is 0. The van der Waals surface area contributed by atoms with Crippen LogP contribution in [-0.2, 0) is 27.3 Å². The van der Waals surface area contributed by atoms with E-state index < -0.39 is 58.0 Å². The zero-order valence-corrected chi connectivity index (χ0v) is 23.6. The summed E-state index contributed by atoms with van der Waals surface area (Å²) in [5, 5.41) is 48.9. The van der Waals surface area contributed by atoms with Crippen LogP contribution in [0.5, 0.6) is 5.75 Å². The summed E-state index contributed by atoms with van der Waals surface area (Å²) in [7, 11) is 6.79. The minimum atomic E-state index is -2.67. The summed E-state index contributed by atoms with van der Waals surface area (Å²) in [6.45, 7) is 2.03. The van der Waals surface area contributed by atoms with E-state index >= 15 is 0 Å². The Hall–Kier alpha value is -4.16. The van der Waals surface area contributed by atoms with Crippen molar-refractivity contribution in [3.8, 4) is 5.75 Å². The third-order valence-corrected chi connectivity index (χ3v) is 8.64. The van der Waals surface area contributed by atoms with E-state index in [0.29, 0.717) is 23.2 Å². The number of Topliss-reactive ketones (excluding diaryl/α,β-unsaturated/α-hetero) is 2. The van der Waals surface area contributed by atoms with Gasteiger partial charge in [0, 0.05) is 49.0 Å². The molecule has 1 heterocycles. The number of aliphatic hydroxyl groups excluding tert-OH is 2. The number of nitrogens with zero attached hydrogens (tertiary/aromatic N) is 3. The number of ketones is 2. The molecule has 4 aliphatic rings. The second-order valence-electron chi connectivity index (χ2n) is 11.6. The number of nitrogens with two attached hydrogens (primary N) is 1. The summed E-state index contributed by atoms with van der Waals surface area (Å²) in [5.74, 6) is -5.98. The van der Waals surface area contributed by atoms with Crippen molar-refractivity contribution in [2.45, 2.75) is 44.4 Å². The van der Waals surface area contributed by atoms with Crippen LogP contribution in [-0.4, -0.2) is 88.5 Å². The molecule has 1 fully saturated rings. The molecule has 3 aliphatic carbocycles. The predicted octanol–water partition coefficient (Wildman–Crippen LogP) is 0.826. The number of fused-ring (bicyclic) bond motifs is 3. The lowest BCUT2D eigenvalue weighted by molar-refractivity contribution is -0.153. The van der Waals surface area contributed by atoms with Crippen LogP contribution in [0.1, 0.15) is 36.5 Å². The molecule has 1 aliphatic heterocycles. The minimum Gasteiger partial charge on any atom is -0.508 e. The first-order valence-corrected chi connectivity index (χ1v) is 13.4. The number of benzene rings is 1. The zero-order valence-electron chi connectivity index (χ0n) is 23.6. The maximum Gasteiger partial charge on any atom is 0.255 e. The Morgan fingerprint density at radius 3 is 2.44 bits per heavy atom. The molecule has 218 valence electrons. The molecule has 0 aromatic heterocycles. The van der Waals surface area contributed by atoms with Crippen molar-refractivity contribution in [3.63, 3.8) is 0 Å². The highest BCUT2D eigenvalue weighted by Crippen LogP contribution is 2.54. The third kappa shape index (κ3) is 4.12. The van der Waals surface area contributed by atoms with Gasteiger partial charge in [0.1, 0.15) is 28.7 Å². The SMILES string of the molecule is CC1=CCC(=NCc2cc(N(C)C)c3c(c2O)C(O)=C2C(=O)[C@]4(O)C(O)=C(C(N)=O)C(=O)[C@@H](N(C)C)[C@@H]4C[C@@H]2C3)N1. The number of carbonyl (C=O) groups is 3. The van der Waals surface area contributed by atoms with Crippen LogP contribution in [0.15, 0.2) is 39.7 Å². The van der Waals surface area contributed by atoms with Gasteiger partial charge in [0.2, 0.25) is 5.78 Å². The molecule has 0 radical (unpaired) electrons. The largest absolute Gasteiger partial charge is 0.508 e. The molecule has 1 saturated carbocycles. The minimum absolute atomic E-state index is 0.0345. The fourth-order valence-electron chi connectivity index (χ4n) is 6.73. The molecule has 12 nitrogen and oxygen atoms in total. The van der Waals surface area contributed by atoms with Crippen LogP contribution >= 0.6 is 0 Å². The van der Waals surface area contributed by atoms with Crippen LogP contribution in [0, 0.1) is 11.8 Å². The standard InChI is InChI=1S/C29H35N5O7/c1-12-6-7-18(32-12)31-11-14-10-17(33(2)3)15-8-13-9-16-22(34(4)5)25(37)21(28(30)40)27(39)29(16,41)26(38)19(13)24(36)20(15)23(14)35/h6,10,13,16,22,35-36,39,41H,7-9,11H2,1-5H3,(H2,30,40)(H,31,32)/t13-,16-,22-,29-/m0/s1. The number of allylic oxidation sites excluding steroid dienone is 1. The molecule has 1 aromatic rings.